The van der Waals surface area contributed by atoms with Gasteiger partial charge in [-0.2, -0.15) is 0 Å². The highest BCUT2D eigenvalue weighted by atomic mass is 35.5. The van der Waals surface area contributed by atoms with Crippen LogP contribution in [0.2, 0.25) is 5.02 Å². The van der Waals surface area contributed by atoms with Crippen molar-refractivity contribution in [2.75, 3.05) is 21.3 Å². The summed E-state index contributed by atoms with van der Waals surface area (Å²) >= 11 is 5.93. The second-order valence-corrected chi connectivity index (χ2v) is 5.61. The molecule has 1 N–H and O–H groups in total. The lowest BCUT2D eigenvalue weighted by Crippen LogP contribution is -2.18. The van der Waals surface area contributed by atoms with E-state index < -0.39 is 0 Å². The van der Waals surface area contributed by atoms with Crippen LogP contribution in [-0.2, 0) is 6.54 Å². The van der Waals surface area contributed by atoms with Crippen molar-refractivity contribution < 1.29 is 14.2 Å². The Balaban J connectivity index is 2.14. The Hall–Kier alpha value is -1.91. The van der Waals surface area contributed by atoms with Gasteiger partial charge in [0.25, 0.3) is 0 Å². The van der Waals surface area contributed by atoms with Crippen LogP contribution in [0.5, 0.6) is 17.2 Å². The van der Waals surface area contributed by atoms with Crippen molar-refractivity contribution in [3.05, 3.63) is 52.5 Å². The van der Waals surface area contributed by atoms with E-state index >= 15 is 0 Å². The van der Waals surface area contributed by atoms with Crippen molar-refractivity contribution in [2.45, 2.75) is 19.5 Å². The van der Waals surface area contributed by atoms with Crippen LogP contribution < -0.4 is 19.5 Å². The van der Waals surface area contributed by atoms with E-state index in [-0.39, 0.29) is 6.04 Å². The lowest BCUT2D eigenvalue weighted by Gasteiger charge is -2.18. The van der Waals surface area contributed by atoms with Crippen LogP contribution in [0.25, 0.3) is 0 Å². The summed E-state index contributed by atoms with van der Waals surface area (Å²) in [7, 11) is 4.88. The van der Waals surface area contributed by atoms with Crippen molar-refractivity contribution in [2.24, 2.45) is 0 Å². The largest absolute Gasteiger partial charge is 0.496 e. The summed E-state index contributed by atoms with van der Waals surface area (Å²) < 4.78 is 16.1. The summed E-state index contributed by atoms with van der Waals surface area (Å²) in [6.07, 6.45) is 0. The number of rotatable bonds is 7. The van der Waals surface area contributed by atoms with Crippen LogP contribution in [0.15, 0.2) is 36.4 Å². The molecule has 124 valence electrons. The standard InChI is InChI=1S/C18H22ClNO3/c1-12(13-5-7-15(19)8-6-13)20-11-14-9-17(22-3)18(23-4)10-16(14)21-2/h5-10,12,20H,11H2,1-4H3/t12-/m1/s1. The van der Waals surface area contributed by atoms with Gasteiger partial charge < -0.3 is 19.5 Å². The predicted octanol–water partition coefficient (Wildman–Crippen LogP) is 4.22. The zero-order chi connectivity index (χ0) is 16.8. The first-order valence-corrected chi connectivity index (χ1v) is 7.74. The van der Waals surface area contributed by atoms with E-state index in [1.54, 1.807) is 21.3 Å². The van der Waals surface area contributed by atoms with Gasteiger partial charge in [-0.25, -0.2) is 0 Å². The van der Waals surface area contributed by atoms with Crippen LogP contribution in [0.3, 0.4) is 0 Å². The fraction of sp³-hybridized carbons (Fsp3) is 0.333. The van der Waals surface area contributed by atoms with E-state index in [1.807, 2.05) is 36.4 Å². The maximum Gasteiger partial charge on any atom is 0.164 e. The highest BCUT2D eigenvalue weighted by Gasteiger charge is 2.13. The van der Waals surface area contributed by atoms with Gasteiger partial charge in [0.15, 0.2) is 11.5 Å². The van der Waals surface area contributed by atoms with E-state index in [2.05, 4.69) is 12.2 Å². The molecule has 0 aromatic heterocycles. The molecule has 2 aromatic carbocycles. The van der Waals surface area contributed by atoms with Gasteiger partial charge in [-0.1, -0.05) is 23.7 Å². The first kappa shape index (κ1) is 17.4. The molecule has 0 spiro atoms. The average Bonchev–Trinajstić information content (AvgIpc) is 2.59. The molecule has 2 rings (SSSR count). The highest BCUT2D eigenvalue weighted by molar-refractivity contribution is 6.30. The highest BCUT2D eigenvalue weighted by Crippen LogP contribution is 2.34. The molecule has 0 aliphatic carbocycles. The van der Waals surface area contributed by atoms with Gasteiger partial charge in [0, 0.05) is 29.2 Å². The van der Waals surface area contributed by atoms with Gasteiger partial charge >= 0.3 is 0 Å². The van der Waals surface area contributed by atoms with Gasteiger partial charge in [-0.05, 0) is 30.7 Å². The number of benzene rings is 2. The molecule has 0 saturated carbocycles. The van der Waals surface area contributed by atoms with E-state index in [4.69, 9.17) is 25.8 Å². The quantitative estimate of drug-likeness (QED) is 0.822. The SMILES string of the molecule is COc1cc(OC)c(OC)cc1CN[C@H](C)c1ccc(Cl)cc1. The van der Waals surface area contributed by atoms with Crippen LogP contribution in [0.4, 0.5) is 0 Å². The molecule has 4 nitrogen and oxygen atoms in total. The van der Waals surface area contributed by atoms with Crippen molar-refractivity contribution >= 4 is 11.6 Å². The molecule has 0 heterocycles. The second kappa shape index (κ2) is 8.09. The zero-order valence-corrected chi connectivity index (χ0v) is 14.6. The second-order valence-electron chi connectivity index (χ2n) is 5.17. The molecule has 0 fully saturated rings. The molecular formula is C18H22ClNO3. The van der Waals surface area contributed by atoms with Gasteiger partial charge in [-0.3, -0.25) is 0 Å². The van der Waals surface area contributed by atoms with Gasteiger partial charge in [-0.15, -0.1) is 0 Å². The normalized spacial score (nSPS) is 11.9. The average molecular weight is 336 g/mol. The number of hydrogen-bond donors (Lipinski definition) is 1. The molecule has 1 atom stereocenters. The number of ether oxygens (including phenoxy) is 3. The monoisotopic (exact) mass is 335 g/mol. The maximum absolute atomic E-state index is 5.93. The Kier molecular flexibility index (Phi) is 6.13. The van der Waals surface area contributed by atoms with Gasteiger partial charge in [0.1, 0.15) is 5.75 Å². The molecular weight excluding hydrogens is 314 g/mol. The zero-order valence-electron chi connectivity index (χ0n) is 13.9. The minimum Gasteiger partial charge on any atom is -0.496 e. The molecule has 0 unspecified atom stereocenters. The summed E-state index contributed by atoms with van der Waals surface area (Å²) in [6, 6.07) is 11.8. The van der Waals surface area contributed by atoms with Crippen molar-refractivity contribution in [1.29, 1.82) is 0 Å². The van der Waals surface area contributed by atoms with Crippen LogP contribution >= 0.6 is 11.6 Å². The summed E-state index contributed by atoms with van der Waals surface area (Å²) in [5.74, 6) is 2.10. The molecule has 0 radical (unpaired) electrons. The Labute approximate surface area is 142 Å². The Morgan fingerprint density at radius 2 is 1.48 bits per heavy atom. The molecule has 5 heteroatoms. The minimum atomic E-state index is 0.185. The third-order valence-electron chi connectivity index (χ3n) is 3.76. The fourth-order valence-corrected chi connectivity index (χ4v) is 2.49. The first-order chi connectivity index (χ1) is 11.1. The minimum absolute atomic E-state index is 0.185. The van der Waals surface area contributed by atoms with Crippen molar-refractivity contribution in [3.63, 3.8) is 0 Å². The number of methoxy groups -OCH3 is 3. The van der Waals surface area contributed by atoms with E-state index in [9.17, 15) is 0 Å². The lowest BCUT2D eigenvalue weighted by molar-refractivity contribution is 0.346. The summed E-state index contributed by atoms with van der Waals surface area (Å²) in [5.41, 5.74) is 2.18. The molecule has 0 aliphatic heterocycles. The Bertz CT molecular complexity index is 643. The lowest BCUT2D eigenvalue weighted by atomic mass is 10.1. The summed E-state index contributed by atoms with van der Waals surface area (Å²) in [5, 5.41) is 4.22. The molecule has 2 aromatic rings. The molecule has 23 heavy (non-hydrogen) atoms. The fourth-order valence-electron chi connectivity index (χ4n) is 2.36. The Morgan fingerprint density at radius 1 is 0.913 bits per heavy atom. The Morgan fingerprint density at radius 3 is 2.04 bits per heavy atom. The number of halogens is 1. The maximum atomic E-state index is 5.93. The third kappa shape index (κ3) is 4.30. The molecule has 0 amide bonds. The van der Waals surface area contributed by atoms with Gasteiger partial charge in [0.05, 0.1) is 21.3 Å². The molecule has 0 aliphatic rings. The smallest absolute Gasteiger partial charge is 0.164 e. The van der Waals surface area contributed by atoms with Crippen LogP contribution in [-0.4, -0.2) is 21.3 Å². The molecule has 0 saturated heterocycles. The number of hydrogen-bond acceptors (Lipinski definition) is 4. The van der Waals surface area contributed by atoms with E-state index in [0.717, 1.165) is 16.3 Å². The first-order valence-electron chi connectivity index (χ1n) is 7.36. The third-order valence-corrected chi connectivity index (χ3v) is 4.01. The van der Waals surface area contributed by atoms with Gasteiger partial charge in [0.2, 0.25) is 0 Å². The van der Waals surface area contributed by atoms with Crippen LogP contribution in [0.1, 0.15) is 24.1 Å². The van der Waals surface area contributed by atoms with E-state index in [0.29, 0.717) is 18.0 Å². The summed E-state index contributed by atoms with van der Waals surface area (Å²) in [6.45, 7) is 2.75. The predicted molar refractivity (Wildman–Crippen MR) is 92.8 cm³/mol. The topological polar surface area (TPSA) is 39.7 Å². The number of nitrogens with one attached hydrogen (secondary N) is 1. The van der Waals surface area contributed by atoms with Crippen molar-refractivity contribution in [1.82, 2.24) is 5.32 Å². The summed E-state index contributed by atoms with van der Waals surface area (Å²) in [4.78, 5) is 0. The van der Waals surface area contributed by atoms with Crippen molar-refractivity contribution in [3.8, 4) is 17.2 Å². The molecule has 0 bridgehead atoms. The van der Waals surface area contributed by atoms with Crippen LogP contribution in [0, 0.1) is 0 Å². The van der Waals surface area contributed by atoms with E-state index in [1.165, 1.54) is 5.56 Å².